The Morgan fingerprint density at radius 2 is 2.15 bits per heavy atom. The van der Waals surface area contributed by atoms with E-state index >= 15 is 0 Å². The zero-order chi connectivity index (χ0) is 14.5. The molecule has 1 heterocycles. The molecule has 0 radical (unpaired) electrons. The van der Waals surface area contributed by atoms with E-state index in [0.717, 1.165) is 11.6 Å². The first kappa shape index (κ1) is 14.1. The highest BCUT2D eigenvalue weighted by Gasteiger charge is 2.16. The van der Waals surface area contributed by atoms with Crippen LogP contribution >= 0.6 is 11.6 Å². The van der Waals surface area contributed by atoms with Crippen molar-refractivity contribution in [3.8, 4) is 0 Å². The quantitative estimate of drug-likeness (QED) is 0.678. The molecule has 0 aliphatic rings. The molecule has 1 aromatic carbocycles. The molecule has 7 heteroatoms. The number of carbonyl (C=O) groups is 1. The number of amides is 1. The predicted octanol–water partition coefficient (Wildman–Crippen LogP) is 2.81. The number of hydrogen-bond acceptors (Lipinski definition) is 4. The molecule has 0 saturated carbocycles. The summed E-state index contributed by atoms with van der Waals surface area (Å²) in [5.41, 5.74) is 0.989. The van der Waals surface area contributed by atoms with E-state index in [4.69, 9.17) is 16.0 Å². The third-order valence-corrected chi connectivity index (χ3v) is 2.82. The van der Waals surface area contributed by atoms with Gasteiger partial charge in [0.25, 0.3) is 5.91 Å². The normalized spacial score (nSPS) is 10.2. The van der Waals surface area contributed by atoms with Crippen molar-refractivity contribution in [3.05, 3.63) is 62.9 Å². The van der Waals surface area contributed by atoms with Gasteiger partial charge in [-0.2, -0.15) is 0 Å². The number of hydrogen-bond donors (Lipinski definition) is 1. The van der Waals surface area contributed by atoms with Gasteiger partial charge in [0.1, 0.15) is 4.92 Å². The Labute approximate surface area is 119 Å². The minimum absolute atomic E-state index is 0.0807. The van der Waals surface area contributed by atoms with Gasteiger partial charge in [0.15, 0.2) is 5.76 Å². The highest BCUT2D eigenvalue weighted by molar-refractivity contribution is 6.30. The summed E-state index contributed by atoms with van der Waals surface area (Å²) >= 11 is 5.85. The van der Waals surface area contributed by atoms with Crippen LogP contribution in [0.15, 0.2) is 40.8 Å². The van der Waals surface area contributed by atoms with Crippen molar-refractivity contribution in [2.75, 3.05) is 6.54 Å². The Morgan fingerprint density at radius 3 is 2.80 bits per heavy atom. The molecule has 0 saturated heterocycles. The molecule has 20 heavy (non-hydrogen) atoms. The lowest BCUT2D eigenvalue weighted by atomic mass is 10.1. The molecule has 0 unspecified atom stereocenters. The number of nitrogens with zero attached hydrogens (tertiary/aromatic N) is 1. The smallest absolute Gasteiger partial charge is 0.395 e. The summed E-state index contributed by atoms with van der Waals surface area (Å²) in [4.78, 5) is 21.4. The van der Waals surface area contributed by atoms with Gasteiger partial charge in [0.05, 0.1) is 6.07 Å². The summed E-state index contributed by atoms with van der Waals surface area (Å²) in [5, 5.41) is 13.7. The van der Waals surface area contributed by atoms with Crippen LogP contribution in [0, 0.1) is 10.1 Å². The fraction of sp³-hybridized carbons (Fsp3) is 0.154. The largest absolute Gasteiger partial charge is 0.433 e. The van der Waals surface area contributed by atoms with Crippen molar-refractivity contribution in [1.82, 2.24) is 5.32 Å². The van der Waals surface area contributed by atoms with Gasteiger partial charge in [-0.3, -0.25) is 14.9 Å². The Morgan fingerprint density at radius 1 is 1.35 bits per heavy atom. The number of rotatable bonds is 5. The van der Waals surface area contributed by atoms with Crippen molar-refractivity contribution >= 4 is 23.4 Å². The Kier molecular flexibility index (Phi) is 4.37. The van der Waals surface area contributed by atoms with Crippen LogP contribution in [-0.4, -0.2) is 17.4 Å². The van der Waals surface area contributed by atoms with Crippen molar-refractivity contribution in [2.24, 2.45) is 0 Å². The Bertz CT molecular complexity index is 639. The van der Waals surface area contributed by atoms with E-state index in [2.05, 4.69) is 5.32 Å². The molecule has 0 aliphatic carbocycles. The number of carbonyl (C=O) groups excluding carboxylic acids is 1. The fourth-order valence-corrected chi connectivity index (χ4v) is 1.86. The summed E-state index contributed by atoms with van der Waals surface area (Å²) in [5.74, 6) is -1.02. The molecule has 0 atom stereocenters. The third kappa shape index (κ3) is 3.58. The molecular formula is C13H11ClN2O4. The number of nitrogens with one attached hydrogen (secondary N) is 1. The first-order valence-corrected chi connectivity index (χ1v) is 6.21. The van der Waals surface area contributed by atoms with Gasteiger partial charge in [-0.05, 0) is 30.2 Å². The first-order valence-electron chi connectivity index (χ1n) is 5.83. The van der Waals surface area contributed by atoms with Gasteiger partial charge in [0, 0.05) is 11.6 Å². The van der Waals surface area contributed by atoms with Gasteiger partial charge in [-0.15, -0.1) is 0 Å². The predicted molar refractivity (Wildman–Crippen MR) is 72.9 cm³/mol. The monoisotopic (exact) mass is 294 g/mol. The second kappa shape index (κ2) is 6.21. The van der Waals surface area contributed by atoms with Gasteiger partial charge in [-0.25, -0.2) is 0 Å². The van der Waals surface area contributed by atoms with E-state index in [1.807, 2.05) is 18.2 Å². The van der Waals surface area contributed by atoms with Crippen LogP contribution < -0.4 is 5.32 Å². The lowest BCUT2D eigenvalue weighted by Gasteiger charge is -2.03. The van der Waals surface area contributed by atoms with Gasteiger partial charge in [-0.1, -0.05) is 23.7 Å². The number of furan rings is 1. The van der Waals surface area contributed by atoms with Crippen LogP contribution in [0.4, 0.5) is 5.88 Å². The molecule has 2 rings (SSSR count). The van der Waals surface area contributed by atoms with Crippen LogP contribution in [0.1, 0.15) is 16.1 Å². The summed E-state index contributed by atoms with van der Waals surface area (Å²) < 4.78 is 4.80. The molecule has 6 nitrogen and oxygen atoms in total. The highest BCUT2D eigenvalue weighted by atomic mass is 35.5. The average molecular weight is 295 g/mol. The zero-order valence-electron chi connectivity index (χ0n) is 10.3. The van der Waals surface area contributed by atoms with E-state index in [9.17, 15) is 14.9 Å². The Hall–Kier alpha value is -2.34. The van der Waals surface area contributed by atoms with Gasteiger partial charge >= 0.3 is 5.88 Å². The molecule has 1 amide bonds. The van der Waals surface area contributed by atoms with Crippen LogP contribution in [-0.2, 0) is 6.42 Å². The van der Waals surface area contributed by atoms with Crippen LogP contribution in [0.25, 0.3) is 0 Å². The lowest BCUT2D eigenvalue weighted by molar-refractivity contribution is -0.402. The third-order valence-electron chi connectivity index (χ3n) is 2.58. The van der Waals surface area contributed by atoms with Crippen molar-refractivity contribution in [1.29, 1.82) is 0 Å². The molecule has 104 valence electrons. The average Bonchev–Trinajstić information content (AvgIpc) is 2.88. The molecule has 0 fully saturated rings. The maximum absolute atomic E-state index is 11.7. The summed E-state index contributed by atoms with van der Waals surface area (Å²) in [6, 6.07) is 9.72. The number of benzene rings is 1. The minimum Gasteiger partial charge on any atom is -0.395 e. The standard InChI is InChI=1S/C13H11ClN2O4/c14-10-3-1-2-9(8-10)6-7-15-13(17)11-4-5-12(20-11)16(18)19/h1-5,8H,6-7H2,(H,15,17). The molecule has 2 aromatic rings. The molecule has 1 aromatic heterocycles. The fourth-order valence-electron chi connectivity index (χ4n) is 1.65. The van der Waals surface area contributed by atoms with Gasteiger partial charge in [0.2, 0.25) is 0 Å². The second-order valence-electron chi connectivity index (χ2n) is 4.03. The van der Waals surface area contributed by atoms with E-state index < -0.39 is 16.7 Å². The van der Waals surface area contributed by atoms with E-state index in [1.165, 1.54) is 6.07 Å². The van der Waals surface area contributed by atoms with Crippen molar-refractivity contribution < 1.29 is 14.1 Å². The van der Waals surface area contributed by atoms with Gasteiger partial charge < -0.3 is 9.73 Å². The van der Waals surface area contributed by atoms with Crippen LogP contribution in [0.5, 0.6) is 0 Å². The highest BCUT2D eigenvalue weighted by Crippen LogP contribution is 2.15. The topological polar surface area (TPSA) is 85.4 Å². The molecule has 0 spiro atoms. The summed E-state index contributed by atoms with van der Waals surface area (Å²) in [6.07, 6.45) is 0.606. The maximum Gasteiger partial charge on any atom is 0.433 e. The molecular weight excluding hydrogens is 284 g/mol. The zero-order valence-corrected chi connectivity index (χ0v) is 11.1. The number of nitro groups is 1. The van der Waals surface area contributed by atoms with Crippen LogP contribution in [0.2, 0.25) is 5.02 Å². The van der Waals surface area contributed by atoms with Crippen molar-refractivity contribution in [2.45, 2.75) is 6.42 Å². The maximum atomic E-state index is 11.7. The minimum atomic E-state index is -0.692. The van der Waals surface area contributed by atoms with Crippen molar-refractivity contribution in [3.63, 3.8) is 0 Å². The summed E-state index contributed by atoms with van der Waals surface area (Å²) in [6.45, 7) is 0.383. The Balaban J connectivity index is 1.87. The SMILES string of the molecule is O=C(NCCc1cccc(Cl)c1)c1ccc([N+](=O)[O-])o1. The van der Waals surface area contributed by atoms with E-state index in [1.54, 1.807) is 6.07 Å². The second-order valence-corrected chi connectivity index (χ2v) is 4.47. The molecule has 0 bridgehead atoms. The lowest BCUT2D eigenvalue weighted by Crippen LogP contribution is -2.25. The molecule has 1 N–H and O–H groups in total. The first-order chi connectivity index (χ1) is 9.56. The van der Waals surface area contributed by atoms with E-state index in [0.29, 0.717) is 18.0 Å². The molecule has 0 aliphatic heterocycles. The summed E-state index contributed by atoms with van der Waals surface area (Å²) in [7, 11) is 0. The van der Waals surface area contributed by atoms with Crippen LogP contribution in [0.3, 0.4) is 0 Å². The van der Waals surface area contributed by atoms with E-state index in [-0.39, 0.29) is 5.76 Å². The number of halogens is 1.